The van der Waals surface area contributed by atoms with Crippen molar-refractivity contribution in [2.75, 3.05) is 0 Å². The van der Waals surface area contributed by atoms with Gasteiger partial charge in [0, 0.05) is 5.56 Å². The summed E-state index contributed by atoms with van der Waals surface area (Å²) in [7, 11) is 0. The summed E-state index contributed by atoms with van der Waals surface area (Å²) in [6, 6.07) is 7.45. The molecular weight excluding hydrogens is 218 g/mol. The van der Waals surface area contributed by atoms with Gasteiger partial charge in [-0.05, 0) is 32.9 Å². The number of ether oxygens (including phenoxy) is 1. The molecule has 1 heterocycles. The van der Waals surface area contributed by atoms with Crippen LogP contribution in [0.3, 0.4) is 0 Å². The fraction of sp³-hybridized carbons (Fsp3) is 0.308. The van der Waals surface area contributed by atoms with E-state index in [1.54, 1.807) is 6.08 Å². The number of hydroxylamine groups is 1. The van der Waals surface area contributed by atoms with Crippen LogP contribution in [0.15, 0.2) is 30.0 Å². The number of fused-ring (bicyclic) bond motifs is 1. The lowest BCUT2D eigenvalue weighted by Crippen LogP contribution is -2.32. The molecule has 1 aromatic carbocycles. The fourth-order valence-electron chi connectivity index (χ4n) is 1.42. The smallest absolute Gasteiger partial charge is 0.358 e. The van der Waals surface area contributed by atoms with Gasteiger partial charge in [-0.2, -0.15) is 0 Å². The van der Waals surface area contributed by atoms with Crippen molar-refractivity contribution in [3.8, 4) is 5.75 Å². The van der Waals surface area contributed by atoms with Crippen LogP contribution < -0.4 is 10.3 Å². The van der Waals surface area contributed by atoms with E-state index in [-0.39, 0.29) is 0 Å². The molecule has 0 saturated heterocycles. The summed E-state index contributed by atoms with van der Waals surface area (Å²) in [6.45, 7) is 5.47. The highest BCUT2D eigenvalue weighted by molar-refractivity contribution is 5.94. The van der Waals surface area contributed by atoms with Gasteiger partial charge in [-0.25, -0.2) is 10.3 Å². The zero-order valence-electron chi connectivity index (χ0n) is 10.1. The van der Waals surface area contributed by atoms with E-state index in [0.29, 0.717) is 11.4 Å². The van der Waals surface area contributed by atoms with Crippen molar-refractivity contribution in [3.05, 3.63) is 35.5 Å². The lowest BCUT2D eigenvalue weighted by molar-refractivity contribution is -0.151. The molecule has 17 heavy (non-hydrogen) atoms. The first kappa shape index (κ1) is 11.5. The highest BCUT2D eigenvalue weighted by atomic mass is 16.7. The molecule has 0 unspecified atom stereocenters. The van der Waals surface area contributed by atoms with Gasteiger partial charge >= 0.3 is 5.97 Å². The minimum Gasteiger partial charge on any atom is -0.455 e. The van der Waals surface area contributed by atoms with Crippen LogP contribution in [0.2, 0.25) is 0 Å². The molecule has 0 spiro atoms. The maximum atomic E-state index is 11.8. The molecule has 1 N–H and O–H groups in total. The van der Waals surface area contributed by atoms with Crippen molar-refractivity contribution in [2.24, 2.45) is 0 Å². The Morgan fingerprint density at radius 3 is 2.71 bits per heavy atom. The largest absolute Gasteiger partial charge is 0.455 e. The lowest BCUT2D eigenvalue weighted by atomic mass is 10.1. The van der Waals surface area contributed by atoms with Gasteiger partial charge in [0.2, 0.25) is 0 Å². The highest BCUT2D eigenvalue weighted by Gasteiger charge is 2.22. The maximum absolute atomic E-state index is 11.8. The SMILES string of the molecule is CC(C)(C)OC(=O)C1=Cc2ccccc2ON1. The lowest BCUT2D eigenvalue weighted by Gasteiger charge is -2.23. The second-order valence-corrected chi connectivity index (χ2v) is 4.80. The third-order valence-electron chi connectivity index (χ3n) is 2.11. The van der Waals surface area contributed by atoms with Crippen molar-refractivity contribution >= 4 is 12.0 Å². The topological polar surface area (TPSA) is 47.6 Å². The number of carbonyl (C=O) groups excluding carboxylic acids is 1. The molecule has 0 radical (unpaired) electrons. The van der Waals surface area contributed by atoms with Crippen molar-refractivity contribution in [2.45, 2.75) is 26.4 Å². The number of carbonyl (C=O) groups is 1. The van der Waals surface area contributed by atoms with Gasteiger partial charge in [0.15, 0.2) is 11.4 Å². The standard InChI is InChI=1S/C13H15NO3/c1-13(2,3)16-12(15)10-8-9-6-4-5-7-11(9)17-14-10/h4-8,14H,1-3H3. The molecule has 0 fully saturated rings. The molecule has 0 aliphatic carbocycles. The Hall–Kier alpha value is -1.97. The summed E-state index contributed by atoms with van der Waals surface area (Å²) in [5.41, 5.74) is 3.23. The van der Waals surface area contributed by atoms with E-state index in [0.717, 1.165) is 5.56 Å². The van der Waals surface area contributed by atoms with E-state index in [2.05, 4.69) is 5.48 Å². The molecule has 2 rings (SSSR count). The number of para-hydroxylation sites is 1. The van der Waals surface area contributed by atoms with E-state index >= 15 is 0 Å². The van der Waals surface area contributed by atoms with Crippen LogP contribution in [-0.2, 0) is 9.53 Å². The van der Waals surface area contributed by atoms with Crippen LogP contribution in [0.4, 0.5) is 0 Å². The molecule has 0 amide bonds. The van der Waals surface area contributed by atoms with Crippen LogP contribution in [-0.4, -0.2) is 11.6 Å². The van der Waals surface area contributed by atoms with Gasteiger partial charge in [-0.1, -0.05) is 18.2 Å². The molecule has 0 bridgehead atoms. The quantitative estimate of drug-likeness (QED) is 0.756. The molecule has 1 aliphatic heterocycles. The number of benzene rings is 1. The predicted octanol–water partition coefficient (Wildman–Crippen LogP) is 2.27. The summed E-state index contributed by atoms with van der Waals surface area (Å²) < 4.78 is 5.24. The number of hydrogen-bond acceptors (Lipinski definition) is 4. The second-order valence-electron chi connectivity index (χ2n) is 4.80. The summed E-state index contributed by atoms with van der Waals surface area (Å²) in [5.74, 6) is 0.270. The molecule has 90 valence electrons. The third kappa shape index (κ3) is 2.78. The molecule has 0 saturated carbocycles. The molecule has 1 aliphatic rings. The van der Waals surface area contributed by atoms with Gasteiger partial charge in [-0.15, -0.1) is 0 Å². The normalized spacial score (nSPS) is 13.9. The Morgan fingerprint density at radius 1 is 1.29 bits per heavy atom. The monoisotopic (exact) mass is 233 g/mol. The van der Waals surface area contributed by atoms with E-state index < -0.39 is 11.6 Å². The average molecular weight is 233 g/mol. The predicted molar refractivity (Wildman–Crippen MR) is 64.0 cm³/mol. The highest BCUT2D eigenvalue weighted by Crippen LogP contribution is 2.24. The Labute approximate surface area is 100 Å². The van der Waals surface area contributed by atoms with Gasteiger partial charge in [-0.3, -0.25) is 0 Å². The van der Waals surface area contributed by atoms with E-state index in [9.17, 15) is 4.79 Å². The molecule has 4 heteroatoms. The minimum atomic E-state index is -0.517. The van der Waals surface area contributed by atoms with E-state index in [4.69, 9.17) is 9.57 Å². The van der Waals surface area contributed by atoms with E-state index in [1.165, 1.54) is 0 Å². The fourth-order valence-corrected chi connectivity index (χ4v) is 1.42. The number of esters is 1. The molecule has 0 atom stereocenters. The van der Waals surface area contributed by atoms with Crippen LogP contribution in [0.5, 0.6) is 5.75 Å². The van der Waals surface area contributed by atoms with Crippen LogP contribution in [0.1, 0.15) is 26.3 Å². The summed E-state index contributed by atoms with van der Waals surface area (Å²) in [5, 5.41) is 0. The van der Waals surface area contributed by atoms with Gasteiger partial charge in [0.05, 0.1) is 0 Å². The third-order valence-corrected chi connectivity index (χ3v) is 2.11. The molecular formula is C13H15NO3. The Kier molecular flexibility index (Phi) is 2.79. The van der Waals surface area contributed by atoms with Gasteiger partial charge < -0.3 is 9.57 Å². The van der Waals surface area contributed by atoms with Crippen molar-refractivity contribution in [1.82, 2.24) is 5.48 Å². The molecule has 4 nitrogen and oxygen atoms in total. The summed E-state index contributed by atoms with van der Waals surface area (Å²) in [6.07, 6.45) is 1.72. The number of hydrogen-bond donors (Lipinski definition) is 1. The van der Waals surface area contributed by atoms with Crippen molar-refractivity contribution < 1.29 is 14.4 Å². The molecule has 0 aromatic heterocycles. The van der Waals surface area contributed by atoms with Crippen LogP contribution in [0.25, 0.3) is 6.08 Å². The maximum Gasteiger partial charge on any atom is 0.358 e. The average Bonchev–Trinajstić information content (AvgIpc) is 2.26. The Balaban J connectivity index is 2.20. The van der Waals surface area contributed by atoms with Gasteiger partial charge in [0.25, 0.3) is 0 Å². The van der Waals surface area contributed by atoms with Crippen molar-refractivity contribution in [3.63, 3.8) is 0 Å². The zero-order valence-corrected chi connectivity index (χ0v) is 10.1. The first-order chi connectivity index (χ1) is 7.96. The Bertz CT molecular complexity index is 472. The van der Waals surface area contributed by atoms with E-state index in [1.807, 2.05) is 45.0 Å². The first-order valence-corrected chi connectivity index (χ1v) is 5.43. The summed E-state index contributed by atoms with van der Waals surface area (Å²) >= 11 is 0. The minimum absolute atomic E-state index is 0.304. The van der Waals surface area contributed by atoms with Crippen LogP contribution in [0, 0.1) is 0 Å². The second kappa shape index (κ2) is 4.13. The van der Waals surface area contributed by atoms with Crippen LogP contribution >= 0.6 is 0 Å². The Morgan fingerprint density at radius 2 is 2.00 bits per heavy atom. The van der Waals surface area contributed by atoms with Crippen molar-refractivity contribution in [1.29, 1.82) is 0 Å². The number of nitrogens with one attached hydrogen (secondary N) is 1. The molecule has 1 aromatic rings. The first-order valence-electron chi connectivity index (χ1n) is 5.43. The summed E-state index contributed by atoms with van der Waals surface area (Å²) in [4.78, 5) is 17.0. The number of rotatable bonds is 1. The van der Waals surface area contributed by atoms with Gasteiger partial charge in [0.1, 0.15) is 5.60 Å². The zero-order chi connectivity index (χ0) is 12.5.